The number of halogens is 2. The molecule has 0 heterocycles. The molecule has 0 bridgehead atoms. The summed E-state index contributed by atoms with van der Waals surface area (Å²) in [7, 11) is -3.49. The summed E-state index contributed by atoms with van der Waals surface area (Å²) in [4.78, 5) is 0. The zero-order valence-corrected chi connectivity index (χ0v) is 11.3. The van der Waals surface area contributed by atoms with E-state index in [0.717, 1.165) is 0 Å². The summed E-state index contributed by atoms with van der Waals surface area (Å²) in [5.41, 5.74) is 0.450. The van der Waals surface area contributed by atoms with Crippen molar-refractivity contribution in [3.63, 3.8) is 0 Å². The molecule has 6 heteroatoms. The lowest BCUT2D eigenvalue weighted by Gasteiger charge is -2.25. The minimum atomic E-state index is -3.49. The van der Waals surface area contributed by atoms with Gasteiger partial charge in [-0.1, -0.05) is 0 Å². The zero-order chi connectivity index (χ0) is 13.1. The predicted molar refractivity (Wildman–Crippen MR) is 68.5 cm³/mol. The standard InChI is InChI=1S/C11H15ClFNO2S/c1-3-14(17(15,16)9(2)8-12)11-6-4-10(13)5-7-11/h4-7,9H,3,8H2,1-2H3. The minimum absolute atomic E-state index is 0.0278. The van der Waals surface area contributed by atoms with Crippen LogP contribution >= 0.6 is 11.6 Å². The third kappa shape index (κ3) is 3.10. The van der Waals surface area contributed by atoms with Gasteiger partial charge in [-0.25, -0.2) is 12.8 Å². The highest BCUT2D eigenvalue weighted by molar-refractivity contribution is 7.93. The van der Waals surface area contributed by atoms with Gasteiger partial charge in [0.1, 0.15) is 5.82 Å². The Bertz CT molecular complexity index is 461. The van der Waals surface area contributed by atoms with E-state index < -0.39 is 21.1 Å². The fourth-order valence-electron chi connectivity index (χ4n) is 1.41. The second kappa shape index (κ2) is 5.69. The SMILES string of the molecule is CCN(c1ccc(F)cc1)S(=O)(=O)C(C)CCl. The number of hydrogen-bond acceptors (Lipinski definition) is 2. The molecule has 1 rings (SSSR count). The molecule has 1 unspecified atom stereocenters. The fraction of sp³-hybridized carbons (Fsp3) is 0.455. The van der Waals surface area contributed by atoms with Crippen LogP contribution in [0.15, 0.2) is 24.3 Å². The quantitative estimate of drug-likeness (QED) is 0.777. The van der Waals surface area contributed by atoms with E-state index in [9.17, 15) is 12.8 Å². The Labute approximate surface area is 106 Å². The number of sulfonamides is 1. The average Bonchev–Trinajstić information content (AvgIpc) is 2.31. The van der Waals surface area contributed by atoms with Crippen molar-refractivity contribution >= 4 is 27.3 Å². The van der Waals surface area contributed by atoms with Crippen molar-refractivity contribution in [1.82, 2.24) is 0 Å². The molecule has 0 aliphatic heterocycles. The topological polar surface area (TPSA) is 37.4 Å². The van der Waals surface area contributed by atoms with Gasteiger partial charge in [-0.15, -0.1) is 11.6 Å². The van der Waals surface area contributed by atoms with Crippen LogP contribution in [-0.4, -0.2) is 26.1 Å². The van der Waals surface area contributed by atoms with Crippen molar-refractivity contribution in [2.24, 2.45) is 0 Å². The second-order valence-electron chi connectivity index (χ2n) is 3.65. The highest BCUT2D eigenvalue weighted by atomic mass is 35.5. The number of hydrogen-bond donors (Lipinski definition) is 0. The summed E-state index contributed by atoms with van der Waals surface area (Å²) in [6.07, 6.45) is 0. The number of anilines is 1. The Morgan fingerprint density at radius 2 is 1.88 bits per heavy atom. The smallest absolute Gasteiger partial charge is 0.238 e. The summed E-state index contributed by atoms with van der Waals surface area (Å²) in [5, 5.41) is -0.672. The molecule has 1 atom stereocenters. The monoisotopic (exact) mass is 279 g/mol. The van der Waals surface area contributed by atoms with Gasteiger partial charge in [-0.05, 0) is 38.1 Å². The maximum Gasteiger partial charge on any atom is 0.238 e. The molecule has 0 radical (unpaired) electrons. The number of alkyl halides is 1. The first-order valence-electron chi connectivity index (χ1n) is 5.26. The van der Waals surface area contributed by atoms with Crippen LogP contribution in [0.2, 0.25) is 0 Å². The Balaban J connectivity index is 3.12. The maximum atomic E-state index is 12.8. The molecule has 0 spiro atoms. The molecule has 0 aliphatic rings. The van der Waals surface area contributed by atoms with Crippen molar-refractivity contribution in [2.45, 2.75) is 19.1 Å². The highest BCUT2D eigenvalue weighted by Crippen LogP contribution is 2.21. The minimum Gasteiger partial charge on any atom is -0.270 e. The average molecular weight is 280 g/mol. The van der Waals surface area contributed by atoms with Gasteiger partial charge in [-0.3, -0.25) is 4.31 Å². The molecule has 0 fully saturated rings. The molecule has 3 nitrogen and oxygen atoms in total. The van der Waals surface area contributed by atoms with Gasteiger partial charge in [0.2, 0.25) is 10.0 Å². The van der Waals surface area contributed by atoms with E-state index >= 15 is 0 Å². The Morgan fingerprint density at radius 3 is 2.29 bits per heavy atom. The fourth-order valence-corrected chi connectivity index (χ4v) is 3.26. The molecular formula is C11H15ClFNO2S. The molecule has 0 saturated carbocycles. The van der Waals surface area contributed by atoms with Gasteiger partial charge in [0.05, 0.1) is 10.9 Å². The second-order valence-corrected chi connectivity index (χ2v) is 6.24. The maximum absolute atomic E-state index is 12.8. The molecule has 1 aromatic carbocycles. The zero-order valence-electron chi connectivity index (χ0n) is 9.73. The van der Waals surface area contributed by atoms with Gasteiger partial charge in [0.15, 0.2) is 0 Å². The van der Waals surface area contributed by atoms with E-state index in [-0.39, 0.29) is 12.4 Å². The summed E-state index contributed by atoms with van der Waals surface area (Å²) in [6.45, 7) is 3.56. The van der Waals surface area contributed by atoms with E-state index in [1.54, 1.807) is 13.8 Å². The van der Waals surface area contributed by atoms with Gasteiger partial charge in [0, 0.05) is 12.4 Å². The van der Waals surface area contributed by atoms with Crippen molar-refractivity contribution in [1.29, 1.82) is 0 Å². The summed E-state index contributed by atoms with van der Waals surface area (Å²) in [6, 6.07) is 5.35. The number of benzene rings is 1. The predicted octanol–water partition coefficient (Wildman–Crippen LogP) is 2.61. The van der Waals surface area contributed by atoms with Crippen molar-refractivity contribution in [3.8, 4) is 0 Å². The van der Waals surface area contributed by atoms with Crippen LogP contribution in [0.3, 0.4) is 0 Å². The molecular weight excluding hydrogens is 265 g/mol. The van der Waals surface area contributed by atoms with Gasteiger partial charge in [-0.2, -0.15) is 0 Å². The molecule has 0 aliphatic carbocycles. The first kappa shape index (κ1) is 14.3. The van der Waals surface area contributed by atoms with Crippen LogP contribution in [0, 0.1) is 5.82 Å². The van der Waals surface area contributed by atoms with Gasteiger partial charge < -0.3 is 0 Å². The summed E-state index contributed by atoms with van der Waals surface area (Å²) >= 11 is 5.58. The highest BCUT2D eigenvalue weighted by Gasteiger charge is 2.27. The molecule has 17 heavy (non-hydrogen) atoms. The van der Waals surface area contributed by atoms with Gasteiger partial charge in [0.25, 0.3) is 0 Å². The van der Waals surface area contributed by atoms with E-state index in [1.165, 1.54) is 28.6 Å². The van der Waals surface area contributed by atoms with E-state index in [0.29, 0.717) is 5.69 Å². The first-order chi connectivity index (χ1) is 7.93. The van der Waals surface area contributed by atoms with Crippen LogP contribution in [0.25, 0.3) is 0 Å². The van der Waals surface area contributed by atoms with Crippen molar-refractivity contribution < 1.29 is 12.8 Å². The molecule has 0 aromatic heterocycles. The van der Waals surface area contributed by atoms with E-state index in [2.05, 4.69) is 0 Å². The van der Waals surface area contributed by atoms with Crippen LogP contribution in [0.1, 0.15) is 13.8 Å². The lowest BCUT2D eigenvalue weighted by Crippen LogP contribution is -2.38. The van der Waals surface area contributed by atoms with Crippen LogP contribution < -0.4 is 4.31 Å². The first-order valence-corrected chi connectivity index (χ1v) is 7.30. The third-order valence-electron chi connectivity index (χ3n) is 2.43. The molecule has 96 valence electrons. The summed E-state index contributed by atoms with van der Waals surface area (Å²) in [5.74, 6) is -0.368. The van der Waals surface area contributed by atoms with E-state index in [4.69, 9.17) is 11.6 Å². The van der Waals surface area contributed by atoms with Crippen molar-refractivity contribution in [2.75, 3.05) is 16.7 Å². The Kier molecular flexibility index (Phi) is 4.77. The van der Waals surface area contributed by atoms with Crippen LogP contribution in [0.5, 0.6) is 0 Å². The molecule has 1 aromatic rings. The van der Waals surface area contributed by atoms with Crippen LogP contribution in [0.4, 0.5) is 10.1 Å². The van der Waals surface area contributed by atoms with Gasteiger partial charge >= 0.3 is 0 Å². The molecule has 0 saturated heterocycles. The van der Waals surface area contributed by atoms with Crippen LogP contribution in [-0.2, 0) is 10.0 Å². The molecule has 0 amide bonds. The Morgan fingerprint density at radius 1 is 1.35 bits per heavy atom. The van der Waals surface area contributed by atoms with E-state index in [1.807, 2.05) is 0 Å². The third-order valence-corrected chi connectivity index (χ3v) is 5.35. The Hall–Kier alpha value is -0.810. The van der Waals surface area contributed by atoms with Crippen molar-refractivity contribution in [3.05, 3.63) is 30.1 Å². The molecule has 0 N–H and O–H groups in total. The number of nitrogens with zero attached hydrogens (tertiary/aromatic N) is 1. The number of rotatable bonds is 5. The lowest BCUT2D eigenvalue weighted by molar-refractivity contribution is 0.583. The largest absolute Gasteiger partial charge is 0.270 e. The summed E-state index contributed by atoms with van der Waals surface area (Å²) < 4.78 is 38.3. The normalized spacial score (nSPS) is 13.4. The lowest BCUT2D eigenvalue weighted by atomic mass is 10.3.